The second-order valence-electron chi connectivity index (χ2n) is 3.22. The first-order valence-electron chi connectivity index (χ1n) is 4.47. The van der Waals surface area contributed by atoms with Crippen molar-refractivity contribution in [1.82, 2.24) is 25.2 Å². The van der Waals surface area contributed by atoms with E-state index in [0.29, 0.717) is 12.2 Å². The molecule has 0 aromatic carbocycles. The maximum Gasteiger partial charge on any atom is 0.177 e. The lowest BCUT2D eigenvalue weighted by atomic mass is 10.2. The van der Waals surface area contributed by atoms with E-state index in [-0.39, 0.29) is 0 Å². The molecule has 7 heteroatoms. The molecule has 0 radical (unpaired) electrons. The van der Waals surface area contributed by atoms with Crippen LogP contribution in [-0.2, 0) is 13.5 Å². The van der Waals surface area contributed by atoms with E-state index in [9.17, 15) is 5.11 Å². The molecule has 0 saturated heterocycles. The van der Waals surface area contributed by atoms with Crippen molar-refractivity contribution < 1.29 is 5.11 Å². The van der Waals surface area contributed by atoms with Crippen LogP contribution in [0.15, 0.2) is 5.51 Å². The molecule has 0 amide bonds. The Morgan fingerprint density at radius 3 is 2.93 bits per heavy atom. The van der Waals surface area contributed by atoms with E-state index in [1.807, 2.05) is 6.92 Å². The molecule has 2 heterocycles. The van der Waals surface area contributed by atoms with E-state index in [1.54, 1.807) is 12.6 Å². The van der Waals surface area contributed by atoms with E-state index in [4.69, 9.17) is 0 Å². The highest BCUT2D eigenvalue weighted by Gasteiger charge is 2.16. The molecule has 0 aliphatic rings. The van der Waals surface area contributed by atoms with Crippen LogP contribution in [0.5, 0.6) is 0 Å². The quantitative estimate of drug-likeness (QED) is 0.810. The third-order valence-electron chi connectivity index (χ3n) is 2.01. The minimum Gasteiger partial charge on any atom is -0.387 e. The Morgan fingerprint density at radius 2 is 2.40 bits per heavy atom. The smallest absolute Gasteiger partial charge is 0.177 e. The average molecular weight is 225 g/mol. The number of thiazole rings is 1. The number of hydrogen-bond acceptors (Lipinski definition) is 6. The SMILES string of the molecule is Cc1ncsc1C(O)Cc1nnn(C)n1. The molecule has 2 aromatic rings. The Labute approximate surface area is 90.6 Å². The maximum atomic E-state index is 9.91. The summed E-state index contributed by atoms with van der Waals surface area (Å²) < 4.78 is 0. The van der Waals surface area contributed by atoms with Gasteiger partial charge in [0.25, 0.3) is 0 Å². The molecule has 2 aromatic heterocycles. The number of aliphatic hydroxyl groups is 1. The fraction of sp³-hybridized carbons (Fsp3) is 0.500. The zero-order valence-corrected chi connectivity index (χ0v) is 9.27. The Hall–Kier alpha value is -1.34. The third kappa shape index (κ3) is 2.18. The van der Waals surface area contributed by atoms with Crippen molar-refractivity contribution in [2.24, 2.45) is 7.05 Å². The zero-order valence-electron chi connectivity index (χ0n) is 8.45. The number of tetrazole rings is 1. The van der Waals surface area contributed by atoms with Gasteiger partial charge >= 0.3 is 0 Å². The van der Waals surface area contributed by atoms with Gasteiger partial charge in [-0.1, -0.05) is 0 Å². The van der Waals surface area contributed by atoms with E-state index in [0.717, 1.165) is 10.6 Å². The Morgan fingerprint density at radius 1 is 1.60 bits per heavy atom. The highest BCUT2D eigenvalue weighted by atomic mass is 32.1. The van der Waals surface area contributed by atoms with Gasteiger partial charge < -0.3 is 5.11 Å². The zero-order chi connectivity index (χ0) is 10.8. The molecular formula is C8H11N5OS. The van der Waals surface area contributed by atoms with Crippen molar-refractivity contribution in [3.05, 3.63) is 21.9 Å². The highest BCUT2D eigenvalue weighted by molar-refractivity contribution is 7.09. The van der Waals surface area contributed by atoms with Crippen LogP contribution in [0.25, 0.3) is 0 Å². The van der Waals surface area contributed by atoms with Crippen molar-refractivity contribution in [2.45, 2.75) is 19.4 Å². The normalized spacial score (nSPS) is 13.0. The summed E-state index contributed by atoms with van der Waals surface area (Å²) in [4.78, 5) is 6.32. The lowest BCUT2D eigenvalue weighted by molar-refractivity contribution is 0.178. The molecule has 2 rings (SSSR count). The lowest BCUT2D eigenvalue weighted by Gasteiger charge is -2.05. The summed E-state index contributed by atoms with van der Waals surface area (Å²) in [5.41, 5.74) is 2.58. The van der Waals surface area contributed by atoms with Crippen LogP contribution >= 0.6 is 11.3 Å². The monoisotopic (exact) mass is 225 g/mol. The molecule has 0 spiro atoms. The fourth-order valence-corrected chi connectivity index (χ4v) is 2.09. The van der Waals surface area contributed by atoms with Crippen molar-refractivity contribution >= 4 is 11.3 Å². The van der Waals surface area contributed by atoms with E-state index >= 15 is 0 Å². The van der Waals surface area contributed by atoms with Crippen molar-refractivity contribution in [3.63, 3.8) is 0 Å². The summed E-state index contributed by atoms with van der Waals surface area (Å²) in [6.07, 6.45) is -0.224. The summed E-state index contributed by atoms with van der Waals surface area (Å²) in [5.74, 6) is 0.540. The maximum absolute atomic E-state index is 9.91. The molecule has 1 unspecified atom stereocenters. The first-order chi connectivity index (χ1) is 7.16. The highest BCUT2D eigenvalue weighted by Crippen LogP contribution is 2.23. The molecule has 80 valence electrons. The van der Waals surface area contributed by atoms with E-state index in [1.165, 1.54) is 16.1 Å². The van der Waals surface area contributed by atoms with E-state index in [2.05, 4.69) is 20.4 Å². The third-order valence-corrected chi connectivity index (χ3v) is 3.04. The first-order valence-corrected chi connectivity index (χ1v) is 5.35. The van der Waals surface area contributed by atoms with Gasteiger partial charge in [0.1, 0.15) is 0 Å². The number of nitrogens with zero attached hydrogens (tertiary/aromatic N) is 5. The molecule has 0 fully saturated rings. The summed E-state index contributed by atoms with van der Waals surface area (Å²) in [6.45, 7) is 1.87. The van der Waals surface area contributed by atoms with Gasteiger partial charge in [-0.2, -0.15) is 4.80 Å². The van der Waals surface area contributed by atoms with Crippen LogP contribution in [0.1, 0.15) is 22.5 Å². The van der Waals surface area contributed by atoms with Crippen molar-refractivity contribution in [2.75, 3.05) is 0 Å². The second kappa shape index (κ2) is 4.03. The Kier molecular flexibility index (Phi) is 2.74. The molecular weight excluding hydrogens is 214 g/mol. The largest absolute Gasteiger partial charge is 0.387 e. The molecule has 15 heavy (non-hydrogen) atoms. The summed E-state index contributed by atoms with van der Waals surface area (Å²) in [6, 6.07) is 0. The molecule has 6 nitrogen and oxygen atoms in total. The molecule has 0 saturated carbocycles. The van der Waals surface area contributed by atoms with Gasteiger partial charge in [-0.3, -0.25) is 0 Å². The minimum atomic E-state index is -0.596. The van der Waals surface area contributed by atoms with Crippen LogP contribution in [0, 0.1) is 6.92 Å². The van der Waals surface area contributed by atoms with Gasteiger partial charge in [-0.25, -0.2) is 4.98 Å². The molecule has 0 bridgehead atoms. The van der Waals surface area contributed by atoms with Gasteiger partial charge in [-0.05, 0) is 12.1 Å². The predicted octanol–water partition coefficient (Wildman–Crippen LogP) is 0.251. The van der Waals surface area contributed by atoms with Gasteiger partial charge in [-0.15, -0.1) is 21.5 Å². The summed E-state index contributed by atoms with van der Waals surface area (Å²) in [7, 11) is 1.70. The Bertz CT molecular complexity index is 451. The van der Waals surface area contributed by atoms with Gasteiger partial charge in [0.15, 0.2) is 5.82 Å². The number of aromatic nitrogens is 5. The van der Waals surface area contributed by atoms with Crippen LogP contribution in [0.2, 0.25) is 0 Å². The molecule has 1 N–H and O–H groups in total. The van der Waals surface area contributed by atoms with Crippen LogP contribution < -0.4 is 0 Å². The Balaban J connectivity index is 2.10. The summed E-state index contributed by atoms with van der Waals surface area (Å²) >= 11 is 1.44. The van der Waals surface area contributed by atoms with Crippen LogP contribution in [-0.4, -0.2) is 30.3 Å². The van der Waals surface area contributed by atoms with Crippen LogP contribution in [0.3, 0.4) is 0 Å². The molecule has 0 aliphatic heterocycles. The number of aryl methyl sites for hydroxylation is 2. The molecule has 0 aliphatic carbocycles. The number of aliphatic hydroxyl groups excluding tert-OH is 1. The van der Waals surface area contributed by atoms with E-state index < -0.39 is 6.10 Å². The molecule has 1 atom stereocenters. The first kappa shape index (κ1) is 10.2. The topological polar surface area (TPSA) is 76.7 Å². The fourth-order valence-electron chi connectivity index (χ4n) is 1.30. The number of hydrogen-bond donors (Lipinski definition) is 1. The lowest BCUT2D eigenvalue weighted by Crippen LogP contribution is -2.03. The van der Waals surface area contributed by atoms with Crippen molar-refractivity contribution in [3.8, 4) is 0 Å². The van der Waals surface area contributed by atoms with Gasteiger partial charge in [0, 0.05) is 6.42 Å². The summed E-state index contributed by atoms with van der Waals surface area (Å²) in [5, 5.41) is 21.4. The average Bonchev–Trinajstić information content (AvgIpc) is 2.75. The minimum absolute atomic E-state index is 0.372. The predicted molar refractivity (Wildman–Crippen MR) is 54.3 cm³/mol. The van der Waals surface area contributed by atoms with Gasteiger partial charge in [0.2, 0.25) is 0 Å². The standard InChI is InChI=1S/C8H11N5OS/c1-5-8(15-4-9-5)6(14)3-7-10-12-13(2)11-7/h4,6,14H,3H2,1-2H3. The van der Waals surface area contributed by atoms with Crippen LogP contribution in [0.4, 0.5) is 0 Å². The van der Waals surface area contributed by atoms with Crippen molar-refractivity contribution in [1.29, 1.82) is 0 Å². The number of rotatable bonds is 3. The second-order valence-corrected chi connectivity index (χ2v) is 4.10. The van der Waals surface area contributed by atoms with Gasteiger partial charge in [0.05, 0.1) is 29.2 Å².